The molecule has 0 aliphatic carbocycles. The summed E-state index contributed by atoms with van der Waals surface area (Å²) in [7, 11) is 0. The van der Waals surface area contributed by atoms with E-state index in [9.17, 15) is 5.11 Å². The van der Waals surface area contributed by atoms with Gasteiger partial charge in [0.1, 0.15) is 6.23 Å². The zero-order valence-electron chi connectivity index (χ0n) is 20.2. The van der Waals surface area contributed by atoms with Gasteiger partial charge in [0.05, 0.1) is 6.04 Å². The smallest absolute Gasteiger partial charge is 0.146 e. The van der Waals surface area contributed by atoms with Gasteiger partial charge in [-0.15, -0.1) is 0 Å². The molecule has 0 spiro atoms. The molecule has 0 aromatic heterocycles. The lowest BCUT2D eigenvalue weighted by Gasteiger charge is -2.40. The Morgan fingerprint density at radius 3 is 1.97 bits per heavy atom. The van der Waals surface area contributed by atoms with E-state index in [4.69, 9.17) is 0 Å². The highest BCUT2D eigenvalue weighted by molar-refractivity contribution is 5.32. The molecular weight excluding hydrogens is 406 g/mol. The zero-order valence-corrected chi connectivity index (χ0v) is 20.2. The number of hydrogen-bond acceptors (Lipinski definition) is 4. The van der Waals surface area contributed by atoms with Gasteiger partial charge in [0.2, 0.25) is 0 Å². The number of aliphatic hydroxyl groups is 1. The zero-order chi connectivity index (χ0) is 23.0. The van der Waals surface area contributed by atoms with Gasteiger partial charge in [-0.3, -0.25) is 4.90 Å². The van der Waals surface area contributed by atoms with Crippen LogP contribution >= 0.6 is 0 Å². The van der Waals surface area contributed by atoms with Gasteiger partial charge < -0.3 is 14.9 Å². The monoisotopic (exact) mass is 445 g/mol. The van der Waals surface area contributed by atoms with Crippen LogP contribution in [-0.4, -0.2) is 65.3 Å². The van der Waals surface area contributed by atoms with Crippen molar-refractivity contribution in [3.05, 3.63) is 95.7 Å². The van der Waals surface area contributed by atoms with E-state index in [0.717, 1.165) is 45.7 Å². The first kappa shape index (κ1) is 23.7. The first-order valence-corrected chi connectivity index (χ1v) is 12.5. The van der Waals surface area contributed by atoms with Gasteiger partial charge in [0, 0.05) is 38.4 Å². The minimum atomic E-state index is -0.483. The third-order valence-electron chi connectivity index (χ3n) is 6.92. The second kappa shape index (κ2) is 11.6. The summed E-state index contributed by atoms with van der Waals surface area (Å²) >= 11 is 0. The number of rotatable bonds is 9. The molecule has 2 aromatic rings. The molecule has 33 heavy (non-hydrogen) atoms. The van der Waals surface area contributed by atoms with Crippen LogP contribution in [0.25, 0.3) is 0 Å². The van der Waals surface area contributed by atoms with E-state index < -0.39 is 6.23 Å². The molecule has 176 valence electrons. The van der Waals surface area contributed by atoms with Gasteiger partial charge in [0.15, 0.2) is 0 Å². The Hall–Kier alpha value is -2.40. The fourth-order valence-corrected chi connectivity index (χ4v) is 5.14. The third kappa shape index (κ3) is 6.14. The molecule has 2 aromatic carbocycles. The second-order valence-corrected chi connectivity index (χ2v) is 9.55. The minimum absolute atomic E-state index is 0.324. The summed E-state index contributed by atoms with van der Waals surface area (Å²) < 4.78 is 0. The molecule has 0 amide bonds. The third-order valence-corrected chi connectivity index (χ3v) is 6.92. The Balaban J connectivity index is 1.27. The minimum Gasteiger partial charge on any atom is -0.370 e. The molecule has 1 atom stereocenters. The Kier molecular flexibility index (Phi) is 8.38. The van der Waals surface area contributed by atoms with Gasteiger partial charge in [0.25, 0.3) is 0 Å². The number of allylic oxidation sites excluding steroid dienone is 3. The first-order valence-electron chi connectivity index (χ1n) is 12.5. The maximum atomic E-state index is 10.4. The Morgan fingerprint density at radius 2 is 1.39 bits per heavy atom. The van der Waals surface area contributed by atoms with Crippen LogP contribution in [0.4, 0.5) is 0 Å². The largest absolute Gasteiger partial charge is 0.370 e. The molecule has 0 radical (unpaired) electrons. The van der Waals surface area contributed by atoms with Gasteiger partial charge in [-0.05, 0) is 48.6 Å². The summed E-state index contributed by atoms with van der Waals surface area (Å²) in [6.07, 6.45) is 7.79. The van der Waals surface area contributed by atoms with Crippen LogP contribution in [0.1, 0.15) is 43.9 Å². The maximum absolute atomic E-state index is 10.4. The average molecular weight is 446 g/mol. The number of piperazine rings is 1. The van der Waals surface area contributed by atoms with Gasteiger partial charge in [-0.25, -0.2) is 0 Å². The molecule has 0 bridgehead atoms. The summed E-state index contributed by atoms with van der Waals surface area (Å²) in [6, 6.07) is 22.2. The van der Waals surface area contributed by atoms with Crippen molar-refractivity contribution >= 4 is 0 Å². The summed E-state index contributed by atoms with van der Waals surface area (Å²) in [5.74, 6) is 0.430. The predicted octanol–water partition coefficient (Wildman–Crippen LogP) is 4.90. The quantitative estimate of drug-likeness (QED) is 0.556. The molecule has 4 rings (SSSR count). The average Bonchev–Trinajstić information content (AvgIpc) is 2.85. The highest BCUT2D eigenvalue weighted by Gasteiger charge is 2.26. The predicted molar refractivity (Wildman–Crippen MR) is 137 cm³/mol. The molecule has 1 N–H and O–H groups in total. The fraction of sp³-hybridized carbons (Fsp3) is 0.448. The number of benzene rings is 2. The summed E-state index contributed by atoms with van der Waals surface area (Å²) in [5.41, 5.74) is 3.99. The van der Waals surface area contributed by atoms with Crippen LogP contribution < -0.4 is 0 Å². The number of aliphatic hydroxyl groups excluding tert-OH is 1. The highest BCUT2D eigenvalue weighted by Crippen LogP contribution is 2.29. The Bertz CT molecular complexity index is 861. The van der Waals surface area contributed by atoms with Crippen LogP contribution in [0.3, 0.4) is 0 Å². The molecule has 1 fully saturated rings. The van der Waals surface area contributed by atoms with Crippen molar-refractivity contribution in [2.75, 3.05) is 39.3 Å². The molecule has 4 nitrogen and oxygen atoms in total. The lowest BCUT2D eigenvalue weighted by Crippen LogP contribution is -2.48. The van der Waals surface area contributed by atoms with Crippen LogP contribution in [0.15, 0.2) is 84.6 Å². The van der Waals surface area contributed by atoms with Crippen LogP contribution in [0.2, 0.25) is 0 Å². The molecule has 1 saturated heterocycles. The van der Waals surface area contributed by atoms with Crippen molar-refractivity contribution in [3.8, 4) is 0 Å². The van der Waals surface area contributed by atoms with Gasteiger partial charge in [-0.1, -0.05) is 80.6 Å². The topological polar surface area (TPSA) is 30.0 Å². The molecular formula is C29H39N3O. The normalized spacial score (nSPS) is 20.0. The summed E-state index contributed by atoms with van der Waals surface area (Å²) in [5, 5.41) is 10.4. The lowest BCUT2D eigenvalue weighted by atomic mass is 9.96. The van der Waals surface area contributed by atoms with Gasteiger partial charge in [-0.2, -0.15) is 0 Å². The van der Waals surface area contributed by atoms with Crippen LogP contribution in [-0.2, 0) is 0 Å². The first-order chi connectivity index (χ1) is 16.1. The number of unbranched alkanes of at least 4 members (excludes halogenated alkanes) is 1. The number of nitrogens with zero attached hydrogens (tertiary/aromatic N) is 3. The summed E-state index contributed by atoms with van der Waals surface area (Å²) in [6.45, 7) is 10.8. The van der Waals surface area contributed by atoms with E-state index in [0.29, 0.717) is 12.0 Å². The standard InChI is InChI=1S/C29H39N3O/c1-24(2)27-16-11-17-28(33)32(27)19-10-9-18-30-20-22-31(23-21-30)29(25-12-5-3-6-13-25)26-14-7-4-8-15-26/h3-8,11-17,24,28-29,33H,9-10,18-23H2,1-2H3. The Labute approximate surface area is 199 Å². The SMILES string of the molecule is CC(C)C1=CC=CC(O)N1CCCCN1CCN(C(c2ccccc2)c2ccccc2)CC1. The van der Waals surface area contributed by atoms with Crippen molar-refractivity contribution < 1.29 is 5.11 Å². The van der Waals surface area contributed by atoms with Crippen molar-refractivity contribution in [1.82, 2.24) is 14.7 Å². The fourth-order valence-electron chi connectivity index (χ4n) is 5.14. The van der Waals surface area contributed by atoms with Crippen molar-refractivity contribution in [3.63, 3.8) is 0 Å². The van der Waals surface area contributed by atoms with Crippen LogP contribution in [0.5, 0.6) is 0 Å². The molecule has 2 aliphatic heterocycles. The summed E-state index contributed by atoms with van der Waals surface area (Å²) in [4.78, 5) is 7.40. The molecule has 4 heteroatoms. The lowest BCUT2D eigenvalue weighted by molar-refractivity contribution is 0.0561. The van der Waals surface area contributed by atoms with Crippen molar-refractivity contribution in [1.29, 1.82) is 0 Å². The molecule has 1 unspecified atom stereocenters. The van der Waals surface area contributed by atoms with E-state index in [-0.39, 0.29) is 0 Å². The van der Waals surface area contributed by atoms with Crippen molar-refractivity contribution in [2.45, 2.75) is 39.0 Å². The van der Waals surface area contributed by atoms with Crippen molar-refractivity contribution in [2.24, 2.45) is 5.92 Å². The molecule has 0 saturated carbocycles. The molecule has 2 aliphatic rings. The maximum Gasteiger partial charge on any atom is 0.146 e. The van der Waals surface area contributed by atoms with E-state index in [1.54, 1.807) is 0 Å². The molecule has 2 heterocycles. The Morgan fingerprint density at radius 1 is 0.818 bits per heavy atom. The van der Waals surface area contributed by atoms with E-state index >= 15 is 0 Å². The van der Waals surface area contributed by atoms with Gasteiger partial charge >= 0.3 is 0 Å². The van der Waals surface area contributed by atoms with E-state index in [2.05, 4.69) is 95.3 Å². The van der Waals surface area contributed by atoms with Crippen LogP contribution in [0, 0.1) is 5.92 Å². The second-order valence-electron chi connectivity index (χ2n) is 9.55. The van der Waals surface area contributed by atoms with E-state index in [1.165, 1.54) is 23.2 Å². The number of hydrogen-bond donors (Lipinski definition) is 1. The van der Waals surface area contributed by atoms with E-state index in [1.807, 2.05) is 12.2 Å². The highest BCUT2D eigenvalue weighted by atomic mass is 16.3.